The largest absolute Gasteiger partial charge is 0.508 e. The Morgan fingerprint density at radius 3 is 1.47 bits per heavy atom. The van der Waals surface area contributed by atoms with Crippen molar-refractivity contribution in [2.45, 2.75) is 123 Å². The molecule has 2 rings (SSSR count). The lowest BCUT2D eigenvalue weighted by atomic mass is 10.0. The Morgan fingerprint density at radius 2 is 1.05 bits per heavy atom. The van der Waals surface area contributed by atoms with Crippen molar-refractivity contribution in [1.82, 2.24) is 0 Å². The van der Waals surface area contributed by atoms with Crippen LogP contribution in [0.5, 0.6) is 17.2 Å². The zero-order chi connectivity index (χ0) is 32.6. The Hall–Kier alpha value is -1.37. The number of ether oxygens (including phenoxy) is 1. The molecule has 0 aliphatic rings. The van der Waals surface area contributed by atoms with Crippen LogP contribution in [0.15, 0.2) is 36.4 Å². The molecule has 43 heavy (non-hydrogen) atoms. The van der Waals surface area contributed by atoms with Crippen LogP contribution in [0.25, 0.3) is 0 Å². The summed E-state index contributed by atoms with van der Waals surface area (Å²) in [4.78, 5) is 0. The third-order valence-electron chi connectivity index (χ3n) is 8.70. The maximum absolute atomic E-state index is 9.88. The van der Waals surface area contributed by atoms with Crippen LogP contribution in [0.3, 0.4) is 0 Å². The lowest BCUT2D eigenvalue weighted by Crippen LogP contribution is -2.47. The first-order chi connectivity index (χ1) is 19.7. The summed E-state index contributed by atoms with van der Waals surface area (Å²) in [6, 6.07) is 16.3. The van der Waals surface area contributed by atoms with Gasteiger partial charge in [-0.3, -0.25) is 0 Å². The summed E-state index contributed by atoms with van der Waals surface area (Å²) in [7, 11) is -5.58. The fraction of sp³-hybridized carbons (Fsp3) is 0.647. The van der Waals surface area contributed by atoms with Gasteiger partial charge in [-0.05, 0) is 156 Å². The van der Waals surface area contributed by atoms with E-state index in [1.165, 1.54) is 29.3 Å². The topological polar surface area (TPSA) is 68.2 Å². The van der Waals surface area contributed by atoms with Gasteiger partial charge in [-0.25, -0.2) is 0 Å². The molecular weight excluding hydrogens is 601 g/mol. The number of phenols is 2. The molecule has 2 N–H and O–H groups in total. The van der Waals surface area contributed by atoms with E-state index in [9.17, 15) is 10.2 Å². The van der Waals surface area contributed by atoms with Gasteiger partial charge in [0.2, 0.25) is 0 Å². The molecule has 2 aromatic carbocycles. The Labute approximate surface area is 267 Å². The van der Waals surface area contributed by atoms with Crippen molar-refractivity contribution >= 4 is 33.3 Å². The number of aromatic hydroxyl groups is 2. The van der Waals surface area contributed by atoms with E-state index < -0.39 is 33.3 Å². The predicted molar refractivity (Wildman–Crippen MR) is 194 cm³/mol. The highest BCUT2D eigenvalue weighted by atomic mass is 28.4. The Kier molecular flexibility index (Phi) is 13.9. The summed E-state index contributed by atoms with van der Waals surface area (Å²) in [6.45, 7) is 26.1. The van der Waals surface area contributed by atoms with Gasteiger partial charge in [-0.15, -0.1) is 0 Å². The second-order valence-corrected chi connectivity index (χ2v) is 33.0. The number of aryl methyl sites for hydroxylation is 3. The molecule has 2 unspecified atom stereocenters. The molecule has 0 amide bonds. The Bertz CT molecular complexity index is 1170. The summed E-state index contributed by atoms with van der Waals surface area (Å²) in [6.07, 6.45) is 4.25. The molecule has 9 heteroatoms. The molecule has 0 heterocycles. The number of benzene rings is 2. The third-order valence-corrected chi connectivity index (χ3v) is 23.9. The maximum Gasteiger partial charge on any atom is 0.173 e. The standard InChI is InChI=1S/C34H62O5Si4/c1-27-23-30(17-19-32(27)35)15-13-21-40(5,6)38-42(9,10)25-28(2)29(3)26-43(11,12)39-41(7,8)22-14-16-31-18-20-33(36)34(24-31)37-4/h17-20,23-24,28-29,35-36H,13-16,21-22,25-26H2,1-12H3. The Balaban J connectivity index is 1.83. The zero-order valence-corrected chi connectivity index (χ0v) is 33.4. The van der Waals surface area contributed by atoms with E-state index in [-0.39, 0.29) is 5.75 Å². The number of phenolic OH excluding ortho intramolecular Hbond substituents is 2. The highest BCUT2D eigenvalue weighted by molar-refractivity contribution is 6.85. The molecule has 0 saturated heterocycles. The minimum atomic E-state index is -1.82. The van der Waals surface area contributed by atoms with Crippen LogP contribution in [0.1, 0.15) is 43.4 Å². The number of hydrogen-bond donors (Lipinski definition) is 2. The van der Waals surface area contributed by atoms with E-state index >= 15 is 0 Å². The summed E-state index contributed by atoms with van der Waals surface area (Å²) >= 11 is 0. The number of rotatable bonds is 18. The molecular formula is C34H62O5Si4. The van der Waals surface area contributed by atoms with Gasteiger partial charge in [-0.1, -0.05) is 32.0 Å². The summed E-state index contributed by atoms with van der Waals surface area (Å²) in [5.41, 5.74) is 3.46. The van der Waals surface area contributed by atoms with Crippen LogP contribution in [-0.2, 0) is 21.1 Å². The lowest BCUT2D eigenvalue weighted by molar-refractivity contribution is 0.373. The monoisotopic (exact) mass is 662 g/mol. The lowest BCUT2D eigenvalue weighted by Gasteiger charge is -2.39. The zero-order valence-electron chi connectivity index (χ0n) is 29.4. The first kappa shape index (κ1) is 37.8. The van der Waals surface area contributed by atoms with Crippen molar-refractivity contribution in [2.75, 3.05) is 7.11 Å². The molecule has 0 saturated carbocycles. The molecule has 244 valence electrons. The van der Waals surface area contributed by atoms with Crippen LogP contribution < -0.4 is 4.74 Å². The number of methoxy groups -OCH3 is 1. The van der Waals surface area contributed by atoms with Gasteiger partial charge >= 0.3 is 0 Å². The van der Waals surface area contributed by atoms with Crippen molar-refractivity contribution in [3.63, 3.8) is 0 Å². The first-order valence-corrected chi connectivity index (χ1v) is 28.7. The molecule has 0 aromatic heterocycles. The third kappa shape index (κ3) is 13.7. The summed E-state index contributed by atoms with van der Waals surface area (Å²) in [5.74, 6) is 2.36. The van der Waals surface area contributed by atoms with Crippen molar-refractivity contribution in [2.24, 2.45) is 11.8 Å². The van der Waals surface area contributed by atoms with Gasteiger partial charge in [0.1, 0.15) is 5.75 Å². The fourth-order valence-corrected chi connectivity index (χ4v) is 26.2. The molecule has 0 aliphatic heterocycles. The highest BCUT2D eigenvalue weighted by Crippen LogP contribution is 2.35. The molecule has 0 aliphatic carbocycles. The van der Waals surface area contributed by atoms with Crippen LogP contribution in [0.4, 0.5) is 0 Å². The second-order valence-electron chi connectivity index (χ2n) is 15.4. The van der Waals surface area contributed by atoms with Crippen molar-refractivity contribution < 1.29 is 23.2 Å². The quantitative estimate of drug-likeness (QED) is 0.156. The van der Waals surface area contributed by atoms with E-state index in [1.807, 2.05) is 31.2 Å². The fourth-order valence-electron chi connectivity index (χ4n) is 6.82. The molecule has 0 fully saturated rings. The van der Waals surface area contributed by atoms with Gasteiger partial charge in [0.15, 0.2) is 44.8 Å². The summed E-state index contributed by atoms with van der Waals surface area (Å²) < 4.78 is 19.4. The first-order valence-electron chi connectivity index (χ1n) is 16.3. The normalized spacial score (nSPS) is 14.5. The average Bonchev–Trinajstić information content (AvgIpc) is 2.84. The summed E-state index contributed by atoms with van der Waals surface area (Å²) in [5, 5.41) is 19.7. The van der Waals surface area contributed by atoms with Crippen LogP contribution in [-0.4, -0.2) is 50.6 Å². The number of hydrogen-bond acceptors (Lipinski definition) is 5. The SMILES string of the molecule is COc1cc(CCC[Si](C)(C)O[Si](C)(C)CC(C)C(C)C[Si](C)(C)O[Si](C)(C)CCCc2ccc(O)c(C)c2)ccc1O. The van der Waals surface area contributed by atoms with E-state index in [4.69, 9.17) is 13.0 Å². The van der Waals surface area contributed by atoms with Crippen LogP contribution in [0.2, 0.25) is 76.6 Å². The van der Waals surface area contributed by atoms with Crippen molar-refractivity contribution in [1.29, 1.82) is 0 Å². The Morgan fingerprint density at radius 1 is 0.628 bits per heavy atom. The molecule has 2 atom stereocenters. The predicted octanol–water partition coefficient (Wildman–Crippen LogP) is 10.1. The second kappa shape index (κ2) is 15.8. The van der Waals surface area contributed by atoms with Crippen molar-refractivity contribution in [3.8, 4) is 17.2 Å². The van der Waals surface area contributed by atoms with Gasteiger partial charge in [0, 0.05) is 0 Å². The molecule has 2 aromatic rings. The van der Waals surface area contributed by atoms with E-state index in [0.29, 0.717) is 23.3 Å². The minimum Gasteiger partial charge on any atom is -0.508 e. The van der Waals surface area contributed by atoms with Gasteiger partial charge in [-0.2, -0.15) is 0 Å². The highest BCUT2D eigenvalue weighted by Gasteiger charge is 2.38. The van der Waals surface area contributed by atoms with Crippen molar-refractivity contribution in [3.05, 3.63) is 53.1 Å². The average molecular weight is 663 g/mol. The van der Waals surface area contributed by atoms with Crippen LogP contribution >= 0.6 is 0 Å². The van der Waals surface area contributed by atoms with Gasteiger partial charge in [0.05, 0.1) is 7.11 Å². The van der Waals surface area contributed by atoms with Gasteiger partial charge in [0.25, 0.3) is 0 Å². The van der Waals surface area contributed by atoms with E-state index in [0.717, 1.165) is 37.3 Å². The maximum atomic E-state index is 9.88. The molecule has 0 bridgehead atoms. The van der Waals surface area contributed by atoms with Crippen LogP contribution in [0, 0.1) is 18.8 Å². The molecule has 5 nitrogen and oxygen atoms in total. The van der Waals surface area contributed by atoms with E-state index in [1.54, 1.807) is 13.2 Å². The molecule has 0 spiro atoms. The minimum absolute atomic E-state index is 0.195. The van der Waals surface area contributed by atoms with E-state index in [2.05, 4.69) is 72.3 Å². The van der Waals surface area contributed by atoms with Gasteiger partial charge < -0.3 is 23.2 Å². The smallest absolute Gasteiger partial charge is 0.173 e. The molecule has 0 radical (unpaired) electrons.